The van der Waals surface area contributed by atoms with Gasteiger partial charge in [-0.25, -0.2) is 4.59 Å². The summed E-state index contributed by atoms with van der Waals surface area (Å²) in [5, 5.41) is 0. The number of likely N-dealkylation sites (tertiary alicyclic amines) is 1. The number of nitrogens with zero attached hydrogens (tertiary/aromatic N) is 1. The molecule has 1 aliphatic rings. The molecule has 1 fully saturated rings. The molecule has 1 rings (SSSR count). The third-order valence-corrected chi connectivity index (χ3v) is 2.34. The summed E-state index contributed by atoms with van der Waals surface area (Å²) >= 11 is 0. The van der Waals surface area contributed by atoms with E-state index in [0.29, 0.717) is 0 Å². The second-order valence-electron chi connectivity index (χ2n) is 3.13. The van der Waals surface area contributed by atoms with Gasteiger partial charge in [-0.2, -0.15) is 5.43 Å². The summed E-state index contributed by atoms with van der Waals surface area (Å²) in [6.45, 7) is 2.60. The molecule has 0 amide bonds. The van der Waals surface area contributed by atoms with Crippen molar-refractivity contribution in [2.75, 3.05) is 27.2 Å². The van der Waals surface area contributed by atoms with Crippen molar-refractivity contribution in [3.8, 4) is 0 Å². The van der Waals surface area contributed by atoms with E-state index in [1.807, 2.05) is 7.05 Å². The summed E-state index contributed by atoms with van der Waals surface area (Å²) in [5.41, 5.74) is 3.32. The number of quaternary nitrogens is 1. The van der Waals surface area contributed by atoms with Gasteiger partial charge in [0.1, 0.15) is 0 Å². The Balaban J connectivity index is 2.37. The molecule has 0 saturated carbocycles. The van der Waals surface area contributed by atoms with Gasteiger partial charge in [0.25, 0.3) is 0 Å². The molecular formula is C7H17N2+. The van der Waals surface area contributed by atoms with Crippen molar-refractivity contribution in [3.63, 3.8) is 0 Å². The molecular weight excluding hydrogens is 112 g/mol. The van der Waals surface area contributed by atoms with E-state index in [-0.39, 0.29) is 0 Å². The van der Waals surface area contributed by atoms with E-state index in [1.165, 1.54) is 32.4 Å². The van der Waals surface area contributed by atoms with Crippen LogP contribution in [0.3, 0.4) is 0 Å². The summed E-state index contributed by atoms with van der Waals surface area (Å²) in [6.07, 6.45) is 4.20. The Morgan fingerprint density at radius 3 is 2.00 bits per heavy atom. The molecule has 0 radical (unpaired) electrons. The van der Waals surface area contributed by atoms with Crippen molar-refractivity contribution in [2.45, 2.75) is 19.3 Å². The van der Waals surface area contributed by atoms with E-state index in [9.17, 15) is 0 Å². The predicted octanol–water partition coefficient (Wildman–Crippen LogP) is 0.751. The molecule has 1 N–H and O–H groups in total. The Morgan fingerprint density at radius 2 is 1.67 bits per heavy atom. The summed E-state index contributed by atoms with van der Waals surface area (Å²) in [4.78, 5) is 0. The zero-order valence-electron chi connectivity index (χ0n) is 6.48. The van der Waals surface area contributed by atoms with E-state index >= 15 is 0 Å². The lowest BCUT2D eigenvalue weighted by atomic mass is 10.1. The van der Waals surface area contributed by atoms with Gasteiger partial charge in [0, 0.05) is 7.05 Å². The van der Waals surface area contributed by atoms with Crippen LogP contribution in [-0.4, -0.2) is 31.8 Å². The van der Waals surface area contributed by atoms with Gasteiger partial charge < -0.3 is 0 Å². The molecule has 9 heavy (non-hydrogen) atoms. The average Bonchev–Trinajstić information content (AvgIpc) is 1.90. The maximum absolute atomic E-state index is 3.32. The fraction of sp³-hybridized carbons (Fsp3) is 1.00. The Hall–Kier alpha value is -0.0800. The number of nitrogens with one attached hydrogen (secondary N) is 1. The third-order valence-electron chi connectivity index (χ3n) is 2.34. The first-order valence-electron chi connectivity index (χ1n) is 3.80. The van der Waals surface area contributed by atoms with Crippen LogP contribution in [0.1, 0.15) is 19.3 Å². The van der Waals surface area contributed by atoms with Crippen molar-refractivity contribution < 1.29 is 4.59 Å². The highest BCUT2D eigenvalue weighted by atomic mass is 15.6. The molecule has 0 atom stereocenters. The van der Waals surface area contributed by atoms with Crippen LogP contribution in [0, 0.1) is 0 Å². The number of hydrogen-bond donors (Lipinski definition) is 1. The van der Waals surface area contributed by atoms with Gasteiger partial charge in [-0.05, 0) is 19.3 Å². The van der Waals surface area contributed by atoms with E-state index in [2.05, 4.69) is 12.5 Å². The molecule has 1 aliphatic heterocycles. The van der Waals surface area contributed by atoms with Crippen LogP contribution < -0.4 is 5.43 Å². The first-order chi connectivity index (χ1) is 4.27. The van der Waals surface area contributed by atoms with E-state index in [1.54, 1.807) is 0 Å². The molecule has 1 saturated heterocycles. The van der Waals surface area contributed by atoms with Gasteiger partial charge in [0.15, 0.2) is 0 Å². The lowest BCUT2D eigenvalue weighted by Crippen LogP contribution is -2.55. The topological polar surface area (TPSA) is 12.0 Å². The summed E-state index contributed by atoms with van der Waals surface area (Å²) in [6, 6.07) is 0. The van der Waals surface area contributed by atoms with Crippen molar-refractivity contribution in [2.24, 2.45) is 0 Å². The Morgan fingerprint density at radius 1 is 1.11 bits per heavy atom. The molecule has 54 valence electrons. The van der Waals surface area contributed by atoms with Gasteiger partial charge in [-0.3, -0.25) is 0 Å². The molecule has 0 unspecified atom stereocenters. The minimum Gasteiger partial charge on any atom is -0.248 e. The molecule has 0 aromatic heterocycles. The van der Waals surface area contributed by atoms with E-state index in [0.717, 1.165) is 4.59 Å². The molecule has 2 nitrogen and oxygen atoms in total. The summed E-state index contributed by atoms with van der Waals surface area (Å²) < 4.78 is 1.07. The van der Waals surface area contributed by atoms with Crippen LogP contribution >= 0.6 is 0 Å². The number of piperidine rings is 1. The minimum atomic E-state index is 1.07. The molecule has 0 spiro atoms. The summed E-state index contributed by atoms with van der Waals surface area (Å²) in [7, 11) is 4.31. The molecule has 1 heterocycles. The monoisotopic (exact) mass is 129 g/mol. The van der Waals surface area contributed by atoms with Crippen LogP contribution in [-0.2, 0) is 0 Å². The second kappa shape index (κ2) is 2.67. The largest absolute Gasteiger partial charge is 0.248 e. The van der Waals surface area contributed by atoms with Crippen molar-refractivity contribution in [3.05, 3.63) is 0 Å². The van der Waals surface area contributed by atoms with Gasteiger partial charge in [0.2, 0.25) is 0 Å². The Bertz CT molecular complexity index is 84.9. The Labute approximate surface area is 57.4 Å². The molecule has 0 bridgehead atoms. The van der Waals surface area contributed by atoms with Crippen molar-refractivity contribution in [1.82, 2.24) is 5.43 Å². The Kier molecular flexibility index (Phi) is 2.09. The molecule has 0 aromatic rings. The first-order valence-corrected chi connectivity index (χ1v) is 3.80. The zero-order valence-corrected chi connectivity index (χ0v) is 6.48. The fourth-order valence-corrected chi connectivity index (χ4v) is 1.43. The van der Waals surface area contributed by atoms with Crippen molar-refractivity contribution in [1.29, 1.82) is 0 Å². The van der Waals surface area contributed by atoms with Crippen LogP contribution in [0.25, 0.3) is 0 Å². The molecule has 0 aromatic carbocycles. The predicted molar refractivity (Wildman–Crippen MR) is 38.8 cm³/mol. The molecule has 0 aliphatic carbocycles. The lowest BCUT2D eigenvalue weighted by Gasteiger charge is -2.35. The van der Waals surface area contributed by atoms with E-state index in [4.69, 9.17) is 0 Å². The average molecular weight is 129 g/mol. The van der Waals surface area contributed by atoms with Crippen LogP contribution in [0.15, 0.2) is 0 Å². The highest BCUT2D eigenvalue weighted by Gasteiger charge is 2.22. The van der Waals surface area contributed by atoms with Crippen LogP contribution in [0.4, 0.5) is 0 Å². The third kappa shape index (κ3) is 1.66. The quantitative estimate of drug-likeness (QED) is 0.515. The highest BCUT2D eigenvalue weighted by molar-refractivity contribution is 4.47. The minimum absolute atomic E-state index is 1.07. The maximum Gasteiger partial charge on any atom is 0.0959 e. The first kappa shape index (κ1) is 7.03. The number of hydrogen-bond acceptors (Lipinski definition) is 1. The van der Waals surface area contributed by atoms with Crippen molar-refractivity contribution >= 4 is 0 Å². The highest BCUT2D eigenvalue weighted by Crippen LogP contribution is 2.11. The SMILES string of the molecule is CN[N+]1(C)CCCCC1. The molecule has 2 heteroatoms. The van der Waals surface area contributed by atoms with Gasteiger partial charge in [-0.1, -0.05) is 0 Å². The zero-order chi connectivity index (χ0) is 6.74. The van der Waals surface area contributed by atoms with Gasteiger partial charge in [-0.15, -0.1) is 0 Å². The van der Waals surface area contributed by atoms with Gasteiger partial charge >= 0.3 is 0 Å². The maximum atomic E-state index is 3.32. The summed E-state index contributed by atoms with van der Waals surface area (Å²) in [5.74, 6) is 0. The fourth-order valence-electron chi connectivity index (χ4n) is 1.43. The normalized spacial score (nSPS) is 26.0. The smallest absolute Gasteiger partial charge is 0.0959 e. The lowest BCUT2D eigenvalue weighted by molar-refractivity contribution is -0.954. The van der Waals surface area contributed by atoms with Crippen LogP contribution in [0.2, 0.25) is 0 Å². The second-order valence-corrected chi connectivity index (χ2v) is 3.13. The van der Waals surface area contributed by atoms with E-state index < -0.39 is 0 Å². The van der Waals surface area contributed by atoms with Crippen LogP contribution in [0.5, 0.6) is 0 Å². The standard InChI is InChI=1S/C7H17N2/c1-8-9(2)6-4-3-5-7-9/h8H,3-7H2,1-2H3/q+1. The van der Waals surface area contributed by atoms with Gasteiger partial charge in [0.05, 0.1) is 20.1 Å². The number of rotatable bonds is 1.